The molecule has 1 N–H and O–H groups in total. The van der Waals surface area contributed by atoms with Crippen LogP contribution in [0.3, 0.4) is 0 Å². The first kappa shape index (κ1) is 14.8. The van der Waals surface area contributed by atoms with Crippen LogP contribution in [0.15, 0.2) is 22.7 Å². The topological polar surface area (TPSA) is 56.2 Å². The van der Waals surface area contributed by atoms with Crippen molar-refractivity contribution in [1.82, 2.24) is 9.78 Å². The van der Waals surface area contributed by atoms with Crippen LogP contribution >= 0.6 is 15.9 Å². The average Bonchev–Trinajstić information content (AvgIpc) is 2.66. The summed E-state index contributed by atoms with van der Waals surface area (Å²) >= 11 is 3.41. The minimum Gasteiger partial charge on any atom is -0.442 e. The lowest BCUT2D eigenvalue weighted by atomic mass is 10.2. The second kappa shape index (κ2) is 5.44. The smallest absolute Gasteiger partial charge is 0.435 e. The van der Waals surface area contributed by atoms with Gasteiger partial charge in [-0.15, -0.1) is 5.10 Å². The molecule has 0 bridgehead atoms. The summed E-state index contributed by atoms with van der Waals surface area (Å²) in [6, 6.07) is 5.70. The van der Waals surface area contributed by atoms with Gasteiger partial charge in [0.15, 0.2) is 5.82 Å². The second-order valence-electron chi connectivity index (χ2n) is 5.43. The number of carbonyl (C=O) groups excluding carboxylic acids is 1. The molecular weight excluding hydrogens is 322 g/mol. The molecule has 1 aromatic carbocycles. The molecule has 0 amide bonds. The molecule has 108 valence electrons. The van der Waals surface area contributed by atoms with Gasteiger partial charge in [-0.1, -0.05) is 15.9 Å². The first-order chi connectivity index (χ1) is 9.31. The summed E-state index contributed by atoms with van der Waals surface area (Å²) in [7, 11) is 0. The fraction of sp³-hybridized carbons (Fsp3) is 0.429. The zero-order valence-electron chi connectivity index (χ0n) is 12.0. The Bertz CT molecular complexity index is 644. The van der Waals surface area contributed by atoms with Crippen LogP contribution in [0.5, 0.6) is 0 Å². The molecule has 0 fully saturated rings. The predicted octanol–water partition coefficient (Wildman–Crippen LogP) is 4.01. The highest BCUT2D eigenvalue weighted by atomic mass is 79.9. The number of rotatable bonds is 2. The molecule has 0 spiro atoms. The monoisotopic (exact) mass is 339 g/mol. The lowest BCUT2D eigenvalue weighted by Gasteiger charge is -2.19. The van der Waals surface area contributed by atoms with Crippen LogP contribution in [-0.2, 0) is 4.74 Å². The summed E-state index contributed by atoms with van der Waals surface area (Å²) in [5.74, 6) is 0.681. The van der Waals surface area contributed by atoms with E-state index in [2.05, 4.69) is 26.3 Å². The van der Waals surface area contributed by atoms with E-state index >= 15 is 0 Å². The molecule has 5 nitrogen and oxygen atoms in total. The van der Waals surface area contributed by atoms with E-state index in [1.807, 2.05) is 45.9 Å². The van der Waals surface area contributed by atoms with Gasteiger partial charge in [-0.05, 0) is 45.9 Å². The van der Waals surface area contributed by atoms with Gasteiger partial charge in [-0.3, -0.25) is 0 Å². The number of hydrogen-bond donors (Lipinski definition) is 1. The van der Waals surface area contributed by atoms with E-state index in [1.165, 1.54) is 4.68 Å². The third kappa shape index (κ3) is 3.12. The molecule has 0 atom stereocenters. The van der Waals surface area contributed by atoms with Crippen molar-refractivity contribution in [3.05, 3.63) is 22.7 Å². The van der Waals surface area contributed by atoms with Crippen LogP contribution in [-0.4, -0.2) is 28.0 Å². The van der Waals surface area contributed by atoms with Gasteiger partial charge < -0.3 is 10.1 Å². The lowest BCUT2D eigenvalue weighted by molar-refractivity contribution is 0.0523. The van der Waals surface area contributed by atoms with Crippen molar-refractivity contribution in [2.24, 2.45) is 0 Å². The van der Waals surface area contributed by atoms with Crippen molar-refractivity contribution in [2.45, 2.75) is 33.3 Å². The maximum atomic E-state index is 12.2. The number of halogens is 1. The van der Waals surface area contributed by atoms with Gasteiger partial charge in [0.05, 0.1) is 5.52 Å². The summed E-state index contributed by atoms with van der Waals surface area (Å²) in [4.78, 5) is 12.2. The molecule has 0 aliphatic heterocycles. The molecule has 20 heavy (non-hydrogen) atoms. The molecule has 0 radical (unpaired) electrons. The van der Waals surface area contributed by atoms with Crippen LogP contribution in [0, 0.1) is 0 Å². The van der Waals surface area contributed by atoms with Gasteiger partial charge in [0, 0.05) is 16.4 Å². The summed E-state index contributed by atoms with van der Waals surface area (Å²) in [5.41, 5.74) is 0.157. The molecule has 0 aliphatic rings. The van der Waals surface area contributed by atoms with Crippen LogP contribution < -0.4 is 5.32 Å². The molecule has 6 heteroatoms. The van der Waals surface area contributed by atoms with Gasteiger partial charge in [0.1, 0.15) is 5.60 Å². The van der Waals surface area contributed by atoms with Crippen molar-refractivity contribution in [2.75, 3.05) is 11.9 Å². The van der Waals surface area contributed by atoms with Crippen molar-refractivity contribution < 1.29 is 9.53 Å². The van der Waals surface area contributed by atoms with Crippen LogP contribution in [0.1, 0.15) is 27.7 Å². The lowest BCUT2D eigenvalue weighted by Crippen LogP contribution is -2.27. The number of aromatic nitrogens is 2. The number of hydrogen-bond acceptors (Lipinski definition) is 4. The van der Waals surface area contributed by atoms with E-state index in [0.29, 0.717) is 11.3 Å². The normalized spacial score (nSPS) is 11.7. The number of ether oxygens (including phenoxy) is 1. The number of nitrogens with zero attached hydrogens (tertiary/aromatic N) is 2. The summed E-state index contributed by atoms with van der Waals surface area (Å²) < 4.78 is 7.56. The zero-order valence-corrected chi connectivity index (χ0v) is 13.6. The van der Waals surface area contributed by atoms with E-state index in [4.69, 9.17) is 4.74 Å². The molecule has 1 aromatic heterocycles. The SMILES string of the molecule is CCNc1nn(C(=O)OC(C)(C)C)c2cc(Br)ccc12. The van der Waals surface area contributed by atoms with Crippen molar-refractivity contribution in [3.8, 4) is 0 Å². The van der Waals surface area contributed by atoms with E-state index in [1.54, 1.807) is 0 Å². The average molecular weight is 340 g/mol. The Kier molecular flexibility index (Phi) is 4.04. The van der Waals surface area contributed by atoms with Crippen LogP contribution in [0.4, 0.5) is 10.6 Å². The molecular formula is C14H18BrN3O2. The molecule has 1 heterocycles. The number of fused-ring (bicyclic) bond motifs is 1. The van der Waals surface area contributed by atoms with Crippen molar-refractivity contribution >= 4 is 38.7 Å². The maximum absolute atomic E-state index is 12.2. The second-order valence-corrected chi connectivity index (χ2v) is 6.35. The quantitative estimate of drug-likeness (QED) is 0.897. The Morgan fingerprint density at radius 2 is 2.15 bits per heavy atom. The van der Waals surface area contributed by atoms with Gasteiger partial charge >= 0.3 is 6.09 Å². The Morgan fingerprint density at radius 1 is 1.45 bits per heavy atom. The first-order valence-corrected chi connectivity index (χ1v) is 7.26. The van der Waals surface area contributed by atoms with Crippen LogP contribution in [0.2, 0.25) is 0 Å². The standard InChI is InChI=1S/C14H18BrN3O2/c1-5-16-12-10-7-6-9(15)8-11(10)18(17-12)13(19)20-14(2,3)4/h6-8H,5H2,1-4H3,(H,16,17). The highest BCUT2D eigenvalue weighted by molar-refractivity contribution is 9.10. The molecule has 0 saturated heterocycles. The Hall–Kier alpha value is -1.56. The Labute approximate surface area is 126 Å². The Balaban J connectivity index is 2.52. The van der Waals surface area contributed by atoms with E-state index < -0.39 is 11.7 Å². The van der Waals surface area contributed by atoms with Gasteiger partial charge in [-0.2, -0.15) is 4.68 Å². The first-order valence-electron chi connectivity index (χ1n) is 6.47. The van der Waals surface area contributed by atoms with Crippen molar-refractivity contribution in [1.29, 1.82) is 0 Å². The fourth-order valence-corrected chi connectivity index (χ4v) is 2.18. The summed E-state index contributed by atoms with van der Waals surface area (Å²) in [6.45, 7) is 8.21. The van der Waals surface area contributed by atoms with E-state index in [9.17, 15) is 4.79 Å². The van der Waals surface area contributed by atoms with Gasteiger partial charge in [0.2, 0.25) is 0 Å². The maximum Gasteiger partial charge on any atom is 0.435 e. The number of nitrogens with one attached hydrogen (secondary N) is 1. The molecule has 0 aliphatic carbocycles. The highest BCUT2D eigenvalue weighted by Gasteiger charge is 2.22. The molecule has 0 unspecified atom stereocenters. The number of carbonyl (C=O) groups is 1. The zero-order chi connectivity index (χ0) is 14.9. The Morgan fingerprint density at radius 3 is 2.75 bits per heavy atom. The highest BCUT2D eigenvalue weighted by Crippen LogP contribution is 2.26. The molecule has 2 aromatic rings. The third-order valence-corrected chi connectivity index (χ3v) is 3.05. The minimum atomic E-state index is -0.556. The number of anilines is 1. The summed E-state index contributed by atoms with van der Waals surface area (Å²) in [5, 5.41) is 8.36. The van der Waals surface area contributed by atoms with E-state index in [-0.39, 0.29) is 0 Å². The third-order valence-electron chi connectivity index (χ3n) is 2.55. The number of benzene rings is 1. The van der Waals surface area contributed by atoms with E-state index in [0.717, 1.165) is 16.4 Å². The van der Waals surface area contributed by atoms with Crippen LogP contribution in [0.25, 0.3) is 10.9 Å². The minimum absolute atomic E-state index is 0.482. The fourth-order valence-electron chi connectivity index (χ4n) is 1.83. The molecule has 0 saturated carbocycles. The van der Waals surface area contributed by atoms with Gasteiger partial charge in [-0.25, -0.2) is 4.79 Å². The molecule has 2 rings (SSSR count). The van der Waals surface area contributed by atoms with Crippen molar-refractivity contribution in [3.63, 3.8) is 0 Å². The largest absolute Gasteiger partial charge is 0.442 e. The summed E-state index contributed by atoms with van der Waals surface area (Å²) in [6.07, 6.45) is -0.482. The predicted molar refractivity (Wildman–Crippen MR) is 83.2 cm³/mol. The van der Waals surface area contributed by atoms with Gasteiger partial charge in [0.25, 0.3) is 0 Å².